The van der Waals surface area contributed by atoms with Crippen LogP contribution < -0.4 is 10.2 Å². The Bertz CT molecular complexity index is 507. The molecule has 0 radical (unpaired) electrons. The average Bonchev–Trinajstić information content (AvgIpc) is 2.78. The SMILES string of the molecule is CN1CCC2(CC1)Cc1ccc(C(=O)NO)cc1O2. The highest BCUT2D eigenvalue weighted by Gasteiger charge is 2.41. The van der Waals surface area contributed by atoms with Gasteiger partial charge in [0, 0.05) is 37.9 Å². The number of piperidine rings is 1. The van der Waals surface area contributed by atoms with E-state index in [1.165, 1.54) is 0 Å². The first-order valence-corrected chi connectivity index (χ1v) is 6.57. The van der Waals surface area contributed by atoms with Gasteiger partial charge in [0.1, 0.15) is 11.4 Å². The lowest BCUT2D eigenvalue weighted by Crippen LogP contribution is -2.45. The molecule has 2 N–H and O–H groups in total. The monoisotopic (exact) mass is 262 g/mol. The van der Waals surface area contributed by atoms with Crippen molar-refractivity contribution >= 4 is 5.91 Å². The van der Waals surface area contributed by atoms with Gasteiger partial charge in [-0.2, -0.15) is 0 Å². The third-order valence-corrected chi connectivity index (χ3v) is 4.17. The molecule has 1 fully saturated rings. The second-order valence-electron chi connectivity index (χ2n) is 5.53. The lowest BCUT2D eigenvalue weighted by atomic mass is 9.87. The summed E-state index contributed by atoms with van der Waals surface area (Å²) < 4.78 is 6.13. The molecule has 3 rings (SSSR count). The van der Waals surface area contributed by atoms with Gasteiger partial charge in [0.15, 0.2) is 0 Å². The third-order valence-electron chi connectivity index (χ3n) is 4.17. The van der Waals surface area contributed by atoms with E-state index in [4.69, 9.17) is 9.94 Å². The fourth-order valence-corrected chi connectivity index (χ4v) is 2.92. The van der Waals surface area contributed by atoms with Crippen LogP contribution in [0.1, 0.15) is 28.8 Å². The van der Waals surface area contributed by atoms with Crippen LogP contribution in [0, 0.1) is 0 Å². The predicted octanol–water partition coefficient (Wildman–Crippen LogP) is 1.20. The number of nitrogens with one attached hydrogen (secondary N) is 1. The summed E-state index contributed by atoms with van der Waals surface area (Å²) in [7, 11) is 2.12. The molecule has 0 bridgehead atoms. The minimum atomic E-state index is -0.504. The molecule has 0 aromatic heterocycles. The zero-order valence-electron chi connectivity index (χ0n) is 11.0. The second kappa shape index (κ2) is 4.51. The molecular weight excluding hydrogens is 244 g/mol. The molecule has 2 aliphatic rings. The predicted molar refractivity (Wildman–Crippen MR) is 69.5 cm³/mol. The van der Waals surface area contributed by atoms with Crippen LogP contribution in [0.15, 0.2) is 18.2 Å². The number of ether oxygens (including phenoxy) is 1. The lowest BCUT2D eigenvalue weighted by molar-refractivity contribution is 0.0270. The Hall–Kier alpha value is -1.59. The number of hydrogen-bond acceptors (Lipinski definition) is 4. The first-order valence-electron chi connectivity index (χ1n) is 6.57. The van der Waals surface area contributed by atoms with E-state index in [0.29, 0.717) is 5.56 Å². The van der Waals surface area contributed by atoms with Crippen LogP contribution in [-0.2, 0) is 6.42 Å². The smallest absolute Gasteiger partial charge is 0.274 e. The highest BCUT2D eigenvalue weighted by atomic mass is 16.5. The molecule has 0 aliphatic carbocycles. The van der Waals surface area contributed by atoms with Crippen LogP contribution in [0.3, 0.4) is 0 Å². The lowest BCUT2D eigenvalue weighted by Gasteiger charge is -2.37. The van der Waals surface area contributed by atoms with Crippen LogP contribution in [0.25, 0.3) is 0 Å². The van der Waals surface area contributed by atoms with Crippen molar-refractivity contribution in [1.82, 2.24) is 10.4 Å². The summed E-state index contributed by atoms with van der Waals surface area (Å²) in [6.07, 6.45) is 2.94. The Balaban J connectivity index is 1.82. The molecule has 1 amide bonds. The van der Waals surface area contributed by atoms with E-state index < -0.39 is 5.91 Å². The number of carbonyl (C=O) groups excluding carboxylic acids is 1. The molecule has 2 aliphatic heterocycles. The summed E-state index contributed by atoms with van der Waals surface area (Å²) in [6.45, 7) is 2.08. The summed E-state index contributed by atoms with van der Waals surface area (Å²) in [6, 6.07) is 5.36. The van der Waals surface area contributed by atoms with E-state index in [9.17, 15) is 4.79 Å². The van der Waals surface area contributed by atoms with Gasteiger partial charge >= 0.3 is 0 Å². The zero-order chi connectivity index (χ0) is 13.5. The van der Waals surface area contributed by atoms with Gasteiger partial charge < -0.3 is 9.64 Å². The number of nitrogens with zero attached hydrogens (tertiary/aromatic N) is 1. The Morgan fingerprint density at radius 1 is 1.42 bits per heavy atom. The number of fused-ring (bicyclic) bond motifs is 1. The number of carbonyl (C=O) groups is 1. The first-order chi connectivity index (χ1) is 9.12. The topological polar surface area (TPSA) is 61.8 Å². The van der Waals surface area contributed by atoms with E-state index in [0.717, 1.165) is 43.7 Å². The van der Waals surface area contributed by atoms with Gasteiger partial charge in [0.25, 0.3) is 5.91 Å². The van der Waals surface area contributed by atoms with Crippen molar-refractivity contribution in [3.8, 4) is 5.75 Å². The molecular formula is C14H18N2O3. The quantitative estimate of drug-likeness (QED) is 0.590. The van der Waals surface area contributed by atoms with Crippen molar-refractivity contribution in [3.63, 3.8) is 0 Å². The first kappa shape index (κ1) is 12.4. The highest BCUT2D eigenvalue weighted by Crippen LogP contribution is 2.41. The molecule has 0 unspecified atom stereocenters. The Morgan fingerprint density at radius 3 is 2.84 bits per heavy atom. The molecule has 2 heterocycles. The van der Waals surface area contributed by atoms with Gasteiger partial charge in [-0.1, -0.05) is 6.07 Å². The Morgan fingerprint density at radius 2 is 2.16 bits per heavy atom. The van der Waals surface area contributed by atoms with Crippen LogP contribution >= 0.6 is 0 Å². The largest absolute Gasteiger partial charge is 0.487 e. The van der Waals surface area contributed by atoms with Crippen molar-refractivity contribution in [3.05, 3.63) is 29.3 Å². The Kier molecular flexibility index (Phi) is 2.95. The number of rotatable bonds is 1. The van der Waals surface area contributed by atoms with Gasteiger partial charge in [0.2, 0.25) is 0 Å². The molecule has 1 spiro atoms. The normalized spacial score (nSPS) is 20.9. The van der Waals surface area contributed by atoms with E-state index in [1.54, 1.807) is 17.6 Å². The maximum Gasteiger partial charge on any atom is 0.274 e. The molecule has 5 nitrogen and oxygen atoms in total. The number of amides is 1. The average molecular weight is 262 g/mol. The molecule has 0 saturated carbocycles. The van der Waals surface area contributed by atoms with Crippen LogP contribution in [0.5, 0.6) is 5.75 Å². The summed E-state index contributed by atoms with van der Waals surface area (Å²) in [4.78, 5) is 13.7. The van der Waals surface area contributed by atoms with Crippen LogP contribution in [0.4, 0.5) is 0 Å². The maximum absolute atomic E-state index is 11.4. The summed E-state index contributed by atoms with van der Waals surface area (Å²) in [5.41, 5.74) is 3.13. The van der Waals surface area contributed by atoms with E-state index in [2.05, 4.69) is 11.9 Å². The van der Waals surface area contributed by atoms with Crippen LogP contribution in [-0.4, -0.2) is 41.8 Å². The molecule has 5 heteroatoms. The number of hydroxylamine groups is 1. The summed E-state index contributed by atoms with van der Waals surface area (Å²) >= 11 is 0. The Labute approximate surface area is 112 Å². The molecule has 1 aromatic carbocycles. The van der Waals surface area contributed by atoms with Gasteiger partial charge in [0.05, 0.1) is 0 Å². The van der Waals surface area contributed by atoms with Gasteiger partial charge in [-0.05, 0) is 24.7 Å². The summed E-state index contributed by atoms with van der Waals surface area (Å²) in [5.74, 6) is 0.279. The second-order valence-corrected chi connectivity index (χ2v) is 5.53. The fourth-order valence-electron chi connectivity index (χ4n) is 2.92. The van der Waals surface area contributed by atoms with Crippen LogP contribution in [0.2, 0.25) is 0 Å². The molecule has 1 saturated heterocycles. The molecule has 102 valence electrons. The summed E-state index contributed by atoms with van der Waals surface area (Å²) in [5, 5.41) is 8.66. The van der Waals surface area contributed by atoms with Crippen molar-refractivity contribution in [1.29, 1.82) is 0 Å². The number of likely N-dealkylation sites (tertiary alicyclic amines) is 1. The minimum Gasteiger partial charge on any atom is -0.487 e. The zero-order valence-corrected chi connectivity index (χ0v) is 11.0. The van der Waals surface area contributed by atoms with Crippen molar-refractivity contribution in [2.24, 2.45) is 0 Å². The number of hydrogen-bond donors (Lipinski definition) is 2. The minimum absolute atomic E-state index is 0.0941. The van der Waals surface area contributed by atoms with Crippen molar-refractivity contribution < 1.29 is 14.7 Å². The molecule has 1 aromatic rings. The maximum atomic E-state index is 11.4. The van der Waals surface area contributed by atoms with Crippen molar-refractivity contribution in [2.45, 2.75) is 24.9 Å². The van der Waals surface area contributed by atoms with Gasteiger partial charge in [-0.25, -0.2) is 5.48 Å². The molecule has 0 atom stereocenters. The van der Waals surface area contributed by atoms with E-state index >= 15 is 0 Å². The van der Waals surface area contributed by atoms with Crippen molar-refractivity contribution in [2.75, 3.05) is 20.1 Å². The fraction of sp³-hybridized carbons (Fsp3) is 0.500. The number of benzene rings is 1. The third kappa shape index (κ3) is 2.19. The highest BCUT2D eigenvalue weighted by molar-refractivity contribution is 5.93. The van der Waals surface area contributed by atoms with Gasteiger partial charge in [-0.15, -0.1) is 0 Å². The van der Waals surface area contributed by atoms with E-state index in [-0.39, 0.29) is 5.60 Å². The molecule has 19 heavy (non-hydrogen) atoms. The standard InChI is InChI=1S/C14H18N2O3/c1-16-6-4-14(5-7-16)9-11-3-2-10(13(17)15-18)8-12(11)19-14/h2-3,8,18H,4-7,9H2,1H3,(H,15,17). The van der Waals surface area contributed by atoms with E-state index in [1.807, 2.05) is 6.07 Å². The van der Waals surface area contributed by atoms with Gasteiger partial charge in [-0.3, -0.25) is 10.0 Å².